The molecule has 2 aliphatic rings. The second-order valence-electron chi connectivity index (χ2n) is 9.29. The Bertz CT molecular complexity index is 1500. The summed E-state index contributed by atoms with van der Waals surface area (Å²) in [6, 6.07) is 6.19. The van der Waals surface area contributed by atoms with Crippen LogP contribution in [0.25, 0.3) is 11.3 Å². The number of fused-ring (bicyclic) bond motifs is 1. The number of H-pyrrole nitrogens is 1. The van der Waals surface area contributed by atoms with E-state index in [9.17, 15) is 22.4 Å². The van der Waals surface area contributed by atoms with E-state index in [1.165, 1.54) is 25.4 Å². The number of rotatable bonds is 5. The minimum Gasteiger partial charge on any atom is -0.481 e. The number of methoxy groups -OCH3 is 1. The largest absolute Gasteiger partial charge is 0.481 e. The number of hydrogen-bond acceptors (Lipinski definition) is 7. The zero-order valence-electron chi connectivity index (χ0n) is 20.4. The lowest BCUT2D eigenvalue weighted by Crippen LogP contribution is -2.44. The maximum atomic E-state index is 13.9. The second kappa shape index (κ2) is 10.3. The number of hydrogen-bond donors (Lipinski definition) is 2. The fourth-order valence-corrected chi connectivity index (χ4v) is 6.67. The summed E-state index contributed by atoms with van der Waals surface area (Å²) in [4.78, 5) is 31.8. The Kier molecular flexibility index (Phi) is 7.10. The van der Waals surface area contributed by atoms with E-state index in [-0.39, 0.29) is 46.1 Å². The maximum Gasteiger partial charge on any atom is 0.271 e. The summed E-state index contributed by atoms with van der Waals surface area (Å²) in [5.74, 6) is -1.14. The van der Waals surface area contributed by atoms with Crippen molar-refractivity contribution in [2.45, 2.75) is 30.2 Å². The maximum absolute atomic E-state index is 13.9. The molecule has 38 heavy (non-hydrogen) atoms. The number of benzene rings is 1. The van der Waals surface area contributed by atoms with Gasteiger partial charge in [0.2, 0.25) is 11.8 Å². The number of likely N-dealkylation sites (tertiary alicyclic amines) is 1. The number of piperidine rings is 1. The lowest BCUT2D eigenvalue weighted by atomic mass is 9.94. The summed E-state index contributed by atoms with van der Waals surface area (Å²) < 4.78 is 43.7. The molecule has 3 aromatic rings. The van der Waals surface area contributed by atoms with Crippen molar-refractivity contribution in [3.05, 3.63) is 58.6 Å². The predicted molar refractivity (Wildman–Crippen MR) is 136 cm³/mol. The number of halogens is 2. The first-order valence-corrected chi connectivity index (χ1v) is 14.1. The number of carbonyl (C=O) groups is 2. The van der Waals surface area contributed by atoms with E-state index in [0.717, 1.165) is 6.07 Å². The third kappa shape index (κ3) is 5.10. The van der Waals surface area contributed by atoms with E-state index in [2.05, 4.69) is 20.5 Å². The summed E-state index contributed by atoms with van der Waals surface area (Å²) in [6.07, 6.45) is 2.50. The Hall–Kier alpha value is -3.51. The zero-order valence-corrected chi connectivity index (χ0v) is 22.0. The fraction of sp³-hybridized carbons (Fsp3) is 0.360. The van der Waals surface area contributed by atoms with Gasteiger partial charge in [0.25, 0.3) is 5.91 Å². The van der Waals surface area contributed by atoms with Gasteiger partial charge in [0.05, 0.1) is 40.7 Å². The first kappa shape index (κ1) is 26.1. The molecule has 4 heterocycles. The molecule has 2 aromatic heterocycles. The summed E-state index contributed by atoms with van der Waals surface area (Å²) in [5, 5.41) is 10.2. The summed E-state index contributed by atoms with van der Waals surface area (Å²) in [7, 11) is -2.02. The van der Waals surface area contributed by atoms with E-state index >= 15 is 0 Å². The molecule has 2 aliphatic heterocycles. The van der Waals surface area contributed by atoms with Crippen LogP contribution in [0.15, 0.2) is 41.4 Å². The van der Waals surface area contributed by atoms with Gasteiger partial charge in [-0.05, 0) is 49.1 Å². The first-order valence-electron chi connectivity index (χ1n) is 12.0. The van der Waals surface area contributed by atoms with Crippen LogP contribution in [-0.4, -0.2) is 66.3 Å². The van der Waals surface area contributed by atoms with Crippen LogP contribution in [0.1, 0.15) is 41.4 Å². The standard InChI is InChI=1S/C25H25ClFN5O5S/c1-37-23-11-16(18(26)13-28-23)20-12-21(31-30-20)25(34)32-7-4-14(5-8-32)24(33)29-19-6-9-38(35,36)22-3-2-15(27)10-17(19)22/h2-3,10-14,19H,4-9H2,1H3,(H,29,33)(H,30,31). The summed E-state index contributed by atoms with van der Waals surface area (Å²) in [6.45, 7) is 0.721. The Morgan fingerprint density at radius 3 is 2.68 bits per heavy atom. The van der Waals surface area contributed by atoms with Gasteiger partial charge in [-0.2, -0.15) is 5.10 Å². The molecular formula is C25H25ClFN5O5S. The van der Waals surface area contributed by atoms with Crippen LogP contribution in [0.4, 0.5) is 4.39 Å². The number of aromatic nitrogens is 3. The van der Waals surface area contributed by atoms with Crippen molar-refractivity contribution in [1.82, 2.24) is 25.4 Å². The molecule has 1 fully saturated rings. The molecule has 0 spiro atoms. The average Bonchev–Trinajstić information content (AvgIpc) is 3.40. The van der Waals surface area contributed by atoms with Crippen molar-refractivity contribution in [1.29, 1.82) is 0 Å². The zero-order chi connectivity index (χ0) is 27.0. The Morgan fingerprint density at radius 1 is 1.18 bits per heavy atom. The van der Waals surface area contributed by atoms with Crippen LogP contribution in [0.5, 0.6) is 5.88 Å². The number of carbonyl (C=O) groups excluding carboxylic acids is 2. The highest BCUT2D eigenvalue weighted by Gasteiger charge is 2.34. The van der Waals surface area contributed by atoms with Crippen molar-refractivity contribution in [3.63, 3.8) is 0 Å². The number of aromatic amines is 1. The van der Waals surface area contributed by atoms with E-state index in [1.807, 2.05) is 0 Å². The minimum atomic E-state index is -3.50. The molecule has 1 unspecified atom stereocenters. The Morgan fingerprint density at radius 2 is 1.95 bits per heavy atom. The molecule has 1 aromatic carbocycles. The molecule has 1 atom stereocenters. The molecule has 5 rings (SSSR count). The SMILES string of the molecule is COc1cc(-c2cc(C(=O)N3CCC(C(=O)NC4CCS(=O)(=O)c5ccc(F)cc54)CC3)[nH]n2)c(Cl)cn1. The molecule has 0 aliphatic carbocycles. The number of amides is 2. The highest BCUT2D eigenvalue weighted by molar-refractivity contribution is 7.91. The topological polar surface area (TPSA) is 134 Å². The Labute approximate surface area is 223 Å². The fourth-order valence-electron chi connectivity index (χ4n) is 4.86. The van der Waals surface area contributed by atoms with E-state index < -0.39 is 21.7 Å². The average molecular weight is 562 g/mol. The molecule has 0 radical (unpaired) electrons. The van der Waals surface area contributed by atoms with Crippen LogP contribution in [-0.2, 0) is 14.6 Å². The van der Waals surface area contributed by atoms with Crippen LogP contribution in [0.3, 0.4) is 0 Å². The number of pyridine rings is 1. The second-order valence-corrected chi connectivity index (χ2v) is 11.8. The van der Waals surface area contributed by atoms with E-state index in [4.69, 9.17) is 16.3 Å². The monoisotopic (exact) mass is 561 g/mol. The molecule has 13 heteroatoms. The molecule has 2 amide bonds. The lowest BCUT2D eigenvalue weighted by Gasteiger charge is -2.33. The van der Waals surface area contributed by atoms with Crippen LogP contribution in [0, 0.1) is 11.7 Å². The minimum absolute atomic E-state index is 0.0567. The van der Waals surface area contributed by atoms with Crippen molar-refractivity contribution in [3.8, 4) is 17.1 Å². The van der Waals surface area contributed by atoms with Crippen molar-refractivity contribution < 1.29 is 27.1 Å². The van der Waals surface area contributed by atoms with Crippen molar-refractivity contribution in [2.75, 3.05) is 26.0 Å². The van der Waals surface area contributed by atoms with Gasteiger partial charge in [0.1, 0.15) is 11.5 Å². The highest BCUT2D eigenvalue weighted by atomic mass is 35.5. The van der Waals surface area contributed by atoms with Gasteiger partial charge in [-0.25, -0.2) is 17.8 Å². The summed E-state index contributed by atoms with van der Waals surface area (Å²) >= 11 is 6.24. The van der Waals surface area contributed by atoms with Gasteiger partial charge in [-0.15, -0.1) is 0 Å². The van der Waals surface area contributed by atoms with Crippen LogP contribution in [0.2, 0.25) is 5.02 Å². The van der Waals surface area contributed by atoms with E-state index in [1.54, 1.807) is 17.0 Å². The number of nitrogens with zero attached hydrogens (tertiary/aromatic N) is 3. The van der Waals surface area contributed by atoms with E-state index in [0.29, 0.717) is 48.1 Å². The van der Waals surface area contributed by atoms with Crippen LogP contribution >= 0.6 is 11.6 Å². The molecule has 0 bridgehead atoms. The number of nitrogens with one attached hydrogen (secondary N) is 2. The third-order valence-electron chi connectivity index (χ3n) is 6.95. The van der Waals surface area contributed by atoms with Gasteiger partial charge < -0.3 is 15.0 Å². The smallest absolute Gasteiger partial charge is 0.271 e. The van der Waals surface area contributed by atoms with Gasteiger partial charge >= 0.3 is 0 Å². The Balaban J connectivity index is 1.21. The molecule has 10 nitrogen and oxygen atoms in total. The lowest BCUT2D eigenvalue weighted by molar-refractivity contribution is -0.127. The highest BCUT2D eigenvalue weighted by Crippen LogP contribution is 2.34. The normalized spacial score (nSPS) is 19.0. The molecular weight excluding hydrogens is 537 g/mol. The summed E-state index contributed by atoms with van der Waals surface area (Å²) in [5.41, 5.74) is 1.61. The van der Waals surface area contributed by atoms with Gasteiger partial charge in [0.15, 0.2) is 9.84 Å². The van der Waals surface area contributed by atoms with Crippen LogP contribution < -0.4 is 10.1 Å². The predicted octanol–water partition coefficient (Wildman–Crippen LogP) is 3.16. The van der Waals surface area contributed by atoms with Gasteiger partial charge in [0, 0.05) is 30.6 Å². The number of ether oxygens (including phenoxy) is 1. The quantitative estimate of drug-likeness (QED) is 0.457. The third-order valence-corrected chi connectivity index (χ3v) is 9.07. The van der Waals surface area contributed by atoms with Crippen molar-refractivity contribution >= 4 is 33.3 Å². The number of sulfone groups is 1. The molecule has 1 saturated heterocycles. The van der Waals surface area contributed by atoms with Gasteiger partial charge in [-0.1, -0.05) is 11.6 Å². The molecule has 2 N–H and O–H groups in total. The molecule has 200 valence electrons. The first-order chi connectivity index (χ1) is 18.2. The van der Waals surface area contributed by atoms with Gasteiger partial charge in [-0.3, -0.25) is 14.7 Å². The molecule has 0 saturated carbocycles. The van der Waals surface area contributed by atoms with Crippen molar-refractivity contribution in [2.24, 2.45) is 5.92 Å².